The van der Waals surface area contributed by atoms with Crippen LogP contribution in [0.5, 0.6) is 11.7 Å². The molecule has 0 saturated carbocycles. The second-order valence-electron chi connectivity index (χ2n) is 7.73. The lowest BCUT2D eigenvalue weighted by Crippen LogP contribution is -2.42. The van der Waals surface area contributed by atoms with Crippen LogP contribution in [-0.2, 0) is 0 Å². The Morgan fingerprint density at radius 2 is 1.86 bits per heavy atom. The van der Waals surface area contributed by atoms with Crippen LogP contribution < -0.4 is 14.8 Å². The number of aromatic nitrogens is 1. The molecule has 1 aliphatic rings. The Morgan fingerprint density at radius 1 is 1.14 bits per heavy atom. The lowest BCUT2D eigenvalue weighted by molar-refractivity contribution is -0.274. The fourth-order valence-electron chi connectivity index (χ4n) is 3.55. The van der Waals surface area contributed by atoms with Gasteiger partial charge in [0.25, 0.3) is 17.8 Å². The van der Waals surface area contributed by atoms with E-state index in [-0.39, 0.29) is 46.8 Å². The molecule has 0 aliphatic carbocycles. The van der Waals surface area contributed by atoms with Gasteiger partial charge < -0.3 is 24.1 Å². The molecular formula is C22H18F5N3O5. The van der Waals surface area contributed by atoms with Crippen LogP contribution in [0.2, 0.25) is 0 Å². The first-order valence-electron chi connectivity index (χ1n) is 10.3. The molecule has 0 bridgehead atoms. The number of halogens is 5. The van der Waals surface area contributed by atoms with Crippen LogP contribution in [0.4, 0.5) is 26.7 Å². The lowest BCUT2D eigenvalue weighted by Gasteiger charge is -2.31. The highest BCUT2D eigenvalue weighted by molar-refractivity contribution is 5.94. The Labute approximate surface area is 194 Å². The van der Waals surface area contributed by atoms with Gasteiger partial charge >= 0.3 is 12.5 Å². The predicted molar refractivity (Wildman–Crippen MR) is 111 cm³/mol. The third-order valence-electron chi connectivity index (χ3n) is 5.27. The molecule has 2 amide bonds. The first-order chi connectivity index (χ1) is 16.4. The molecule has 35 heavy (non-hydrogen) atoms. The molecule has 1 fully saturated rings. The Kier molecular flexibility index (Phi) is 6.26. The molecule has 3 heterocycles. The number of furan rings is 1. The highest BCUT2D eigenvalue weighted by Gasteiger charge is 2.36. The number of carbonyl (C=O) groups is 2. The van der Waals surface area contributed by atoms with Crippen LogP contribution in [0, 0.1) is 0 Å². The van der Waals surface area contributed by atoms with E-state index in [1.165, 1.54) is 42.4 Å². The number of ether oxygens (including phenoxy) is 2. The molecule has 0 unspecified atom stereocenters. The maximum atomic E-state index is 13.3. The van der Waals surface area contributed by atoms with Gasteiger partial charge in [-0.05, 0) is 24.3 Å². The zero-order valence-corrected chi connectivity index (χ0v) is 18.1. The van der Waals surface area contributed by atoms with Crippen molar-refractivity contribution in [1.29, 1.82) is 0 Å². The fourth-order valence-corrected chi connectivity index (χ4v) is 3.55. The molecule has 1 N–H and O–H groups in total. The van der Waals surface area contributed by atoms with E-state index in [1.807, 2.05) is 0 Å². The van der Waals surface area contributed by atoms with E-state index in [4.69, 9.17) is 9.15 Å². The van der Waals surface area contributed by atoms with Crippen molar-refractivity contribution in [3.8, 4) is 23.0 Å². The van der Waals surface area contributed by atoms with Gasteiger partial charge in [0.2, 0.25) is 0 Å². The molecule has 4 rings (SSSR count). The summed E-state index contributed by atoms with van der Waals surface area (Å²) in [5, 5.41) is 2.32. The predicted octanol–water partition coefficient (Wildman–Crippen LogP) is 4.98. The number of carbonyl (C=O) groups excluding carboxylic acids is 2. The van der Waals surface area contributed by atoms with E-state index in [2.05, 4.69) is 15.0 Å². The number of nitrogens with zero attached hydrogens (tertiary/aromatic N) is 2. The van der Waals surface area contributed by atoms with Gasteiger partial charge in [-0.15, -0.1) is 13.2 Å². The minimum absolute atomic E-state index is 0.0939. The number of hydrogen-bond donors (Lipinski definition) is 1. The monoisotopic (exact) mass is 499 g/mol. The minimum atomic E-state index is -5.03. The standard InChI is InChI=1S/C22H18F5N3O5/c1-28-20(32)34-17-10-14-8-13(9-16(18(14)33-17)35-22(25,26)27)15-3-2-12(11-29-15)19(31)30-6-4-21(23,24)5-7-30/h2-3,8-11H,4-7H2,1H3,(H,28,32). The summed E-state index contributed by atoms with van der Waals surface area (Å²) >= 11 is 0. The number of nitrogens with one attached hydrogen (secondary N) is 1. The number of amides is 2. The normalized spacial score (nSPS) is 15.7. The number of fused-ring (bicyclic) bond motifs is 1. The molecular weight excluding hydrogens is 481 g/mol. The summed E-state index contributed by atoms with van der Waals surface area (Å²) in [5.41, 5.74) is 0.242. The molecule has 1 aromatic carbocycles. The fraction of sp³-hybridized carbons (Fsp3) is 0.318. The molecule has 8 nitrogen and oxygen atoms in total. The highest BCUT2D eigenvalue weighted by atomic mass is 19.4. The highest BCUT2D eigenvalue weighted by Crippen LogP contribution is 2.39. The minimum Gasteiger partial charge on any atom is -0.421 e. The second kappa shape index (κ2) is 9.04. The van der Waals surface area contributed by atoms with E-state index in [0.29, 0.717) is 0 Å². The van der Waals surface area contributed by atoms with Gasteiger partial charge in [0.1, 0.15) is 0 Å². The first-order valence-corrected chi connectivity index (χ1v) is 10.3. The van der Waals surface area contributed by atoms with E-state index >= 15 is 0 Å². The number of rotatable bonds is 4. The van der Waals surface area contributed by atoms with Crippen molar-refractivity contribution in [3.63, 3.8) is 0 Å². The summed E-state index contributed by atoms with van der Waals surface area (Å²) in [6, 6.07) is 6.50. The number of piperidine rings is 1. The molecule has 186 valence electrons. The summed E-state index contributed by atoms with van der Waals surface area (Å²) in [6.45, 7) is -0.188. The van der Waals surface area contributed by atoms with Gasteiger partial charge in [-0.3, -0.25) is 9.78 Å². The number of benzene rings is 1. The quantitative estimate of drug-likeness (QED) is 0.509. The van der Waals surface area contributed by atoms with Crippen molar-refractivity contribution < 1.29 is 45.4 Å². The van der Waals surface area contributed by atoms with Gasteiger partial charge in [-0.1, -0.05) is 0 Å². The summed E-state index contributed by atoms with van der Waals surface area (Å²) < 4.78 is 79.8. The largest absolute Gasteiger partial charge is 0.573 e. The van der Waals surface area contributed by atoms with Gasteiger partial charge in [-0.2, -0.15) is 0 Å². The van der Waals surface area contributed by atoms with E-state index in [9.17, 15) is 31.5 Å². The molecule has 13 heteroatoms. The lowest BCUT2D eigenvalue weighted by atomic mass is 10.0. The van der Waals surface area contributed by atoms with Crippen LogP contribution in [0.3, 0.4) is 0 Å². The SMILES string of the molecule is CNC(=O)Oc1cc2cc(-c3ccc(C(=O)N4CCC(F)(F)CC4)cn3)cc(OC(F)(F)F)c2o1. The molecule has 0 radical (unpaired) electrons. The molecule has 1 saturated heterocycles. The topological polar surface area (TPSA) is 93.9 Å². The number of likely N-dealkylation sites (tertiary alicyclic amines) is 1. The number of pyridine rings is 1. The Morgan fingerprint density at radius 3 is 2.46 bits per heavy atom. The average molecular weight is 499 g/mol. The van der Waals surface area contributed by atoms with Gasteiger partial charge in [0, 0.05) is 56.2 Å². The summed E-state index contributed by atoms with van der Waals surface area (Å²) in [6.07, 6.45) is -5.56. The van der Waals surface area contributed by atoms with Crippen molar-refractivity contribution in [2.45, 2.75) is 25.1 Å². The Balaban J connectivity index is 1.63. The Bertz CT molecular complexity index is 1250. The van der Waals surface area contributed by atoms with Crippen molar-refractivity contribution in [3.05, 3.63) is 42.1 Å². The van der Waals surface area contributed by atoms with Gasteiger partial charge in [0.05, 0.1) is 11.3 Å². The van der Waals surface area contributed by atoms with Crippen LogP contribution in [-0.4, -0.2) is 54.3 Å². The van der Waals surface area contributed by atoms with Gasteiger partial charge in [0.15, 0.2) is 11.3 Å². The van der Waals surface area contributed by atoms with Crippen molar-refractivity contribution >= 4 is 23.0 Å². The third-order valence-corrected chi connectivity index (χ3v) is 5.27. The second-order valence-corrected chi connectivity index (χ2v) is 7.73. The van der Waals surface area contributed by atoms with E-state index < -0.39 is 42.9 Å². The molecule has 2 aromatic heterocycles. The summed E-state index contributed by atoms with van der Waals surface area (Å²) in [5.74, 6) is -4.31. The van der Waals surface area contributed by atoms with E-state index in [1.54, 1.807) is 0 Å². The van der Waals surface area contributed by atoms with Crippen LogP contribution >= 0.6 is 0 Å². The maximum absolute atomic E-state index is 13.3. The summed E-state index contributed by atoms with van der Waals surface area (Å²) in [4.78, 5) is 29.5. The summed E-state index contributed by atoms with van der Waals surface area (Å²) in [7, 11) is 1.29. The number of alkyl halides is 5. The zero-order valence-electron chi connectivity index (χ0n) is 18.1. The van der Waals surface area contributed by atoms with Crippen LogP contribution in [0.25, 0.3) is 22.2 Å². The first kappa shape index (κ1) is 24.2. The van der Waals surface area contributed by atoms with E-state index in [0.717, 1.165) is 6.07 Å². The van der Waals surface area contributed by atoms with Crippen molar-refractivity contribution in [2.24, 2.45) is 0 Å². The molecule has 1 aliphatic heterocycles. The van der Waals surface area contributed by atoms with Gasteiger partial charge in [-0.25, -0.2) is 13.6 Å². The van der Waals surface area contributed by atoms with Crippen LogP contribution in [0.15, 0.2) is 40.9 Å². The average Bonchev–Trinajstić information content (AvgIpc) is 3.20. The van der Waals surface area contributed by atoms with Crippen molar-refractivity contribution in [1.82, 2.24) is 15.2 Å². The Hall–Kier alpha value is -3.90. The zero-order chi connectivity index (χ0) is 25.4. The molecule has 3 aromatic rings. The smallest absolute Gasteiger partial charge is 0.421 e. The van der Waals surface area contributed by atoms with Crippen molar-refractivity contribution in [2.75, 3.05) is 20.1 Å². The molecule has 0 spiro atoms. The maximum Gasteiger partial charge on any atom is 0.573 e. The number of hydrogen-bond acceptors (Lipinski definition) is 6. The van der Waals surface area contributed by atoms with Crippen LogP contribution in [0.1, 0.15) is 23.2 Å². The third kappa shape index (κ3) is 5.61. The molecule has 0 atom stereocenters.